The van der Waals surface area contributed by atoms with Gasteiger partial charge in [0, 0.05) is 4.88 Å². The topological polar surface area (TPSA) is 17.8 Å². The lowest BCUT2D eigenvalue weighted by Crippen LogP contribution is -2.05. The average Bonchev–Trinajstić information content (AvgIpc) is 3.08. The molecule has 0 aliphatic rings. The highest BCUT2D eigenvalue weighted by Crippen LogP contribution is 2.26. The Kier molecular flexibility index (Phi) is 3.95. The van der Waals surface area contributed by atoms with E-state index in [0.29, 0.717) is 17.9 Å². The molecule has 0 spiro atoms. The number of aromatic nitrogens is 2. The second kappa shape index (κ2) is 5.73. The first-order valence-corrected chi connectivity index (χ1v) is 8.01. The van der Waals surface area contributed by atoms with E-state index in [2.05, 4.69) is 18.0 Å². The number of aryl methyl sites for hydroxylation is 1. The van der Waals surface area contributed by atoms with Crippen LogP contribution in [0.25, 0.3) is 11.0 Å². The van der Waals surface area contributed by atoms with Gasteiger partial charge in [-0.3, -0.25) is 0 Å². The Hall–Kier alpha value is -1.46. The smallest absolute Gasteiger partial charge is 0.184 e. The van der Waals surface area contributed by atoms with Gasteiger partial charge in [0.1, 0.15) is 11.3 Å². The van der Waals surface area contributed by atoms with E-state index in [-0.39, 0.29) is 11.4 Å². The van der Waals surface area contributed by atoms with Crippen molar-refractivity contribution in [2.45, 2.75) is 25.8 Å². The lowest BCUT2D eigenvalue weighted by Gasteiger charge is -2.08. The molecule has 0 bridgehead atoms. The molecule has 2 nitrogen and oxygen atoms in total. The maximum Gasteiger partial charge on any atom is 0.184 e. The van der Waals surface area contributed by atoms with Gasteiger partial charge in [0.15, 0.2) is 11.6 Å². The fraction of sp³-hybridized carbons (Fsp3) is 0.267. The van der Waals surface area contributed by atoms with Crippen LogP contribution in [0.3, 0.4) is 0 Å². The van der Waals surface area contributed by atoms with Crippen molar-refractivity contribution in [1.82, 2.24) is 9.55 Å². The van der Waals surface area contributed by atoms with Crippen molar-refractivity contribution in [3.63, 3.8) is 0 Å². The average molecular weight is 327 g/mol. The van der Waals surface area contributed by atoms with E-state index in [1.54, 1.807) is 15.9 Å². The molecule has 0 atom stereocenters. The van der Waals surface area contributed by atoms with Gasteiger partial charge in [0.05, 0.1) is 17.9 Å². The van der Waals surface area contributed by atoms with Crippen molar-refractivity contribution in [3.8, 4) is 0 Å². The predicted molar refractivity (Wildman–Crippen MR) is 82.0 cm³/mol. The van der Waals surface area contributed by atoms with Crippen LogP contribution in [0.1, 0.15) is 23.2 Å². The van der Waals surface area contributed by atoms with Gasteiger partial charge in [-0.2, -0.15) is 0 Å². The first-order chi connectivity index (χ1) is 10.2. The van der Waals surface area contributed by atoms with E-state index in [4.69, 9.17) is 11.6 Å². The third-order valence-electron chi connectivity index (χ3n) is 3.52. The molecule has 6 heteroatoms. The van der Waals surface area contributed by atoms with Gasteiger partial charge >= 0.3 is 0 Å². The number of thiophene rings is 1. The van der Waals surface area contributed by atoms with Crippen LogP contribution in [0.15, 0.2) is 23.6 Å². The minimum atomic E-state index is -0.869. The Balaban J connectivity index is 2.18. The van der Waals surface area contributed by atoms with Gasteiger partial charge in [-0.1, -0.05) is 6.92 Å². The van der Waals surface area contributed by atoms with Gasteiger partial charge in [-0.15, -0.1) is 22.9 Å². The van der Waals surface area contributed by atoms with Crippen molar-refractivity contribution in [3.05, 3.63) is 51.5 Å². The van der Waals surface area contributed by atoms with Crippen molar-refractivity contribution < 1.29 is 8.78 Å². The fourth-order valence-corrected chi connectivity index (χ4v) is 3.61. The SMILES string of the molecule is CCc1ccsc1Cn1c(CCl)nc2ccc(F)c(F)c21. The zero-order chi connectivity index (χ0) is 15.0. The summed E-state index contributed by atoms with van der Waals surface area (Å²) in [7, 11) is 0. The summed E-state index contributed by atoms with van der Waals surface area (Å²) < 4.78 is 29.3. The van der Waals surface area contributed by atoms with Gasteiger partial charge < -0.3 is 4.57 Å². The third-order valence-corrected chi connectivity index (χ3v) is 4.71. The summed E-state index contributed by atoms with van der Waals surface area (Å²) in [5, 5.41) is 2.00. The molecule has 1 aromatic carbocycles. The number of hydrogen-bond acceptors (Lipinski definition) is 2. The number of nitrogens with zero attached hydrogens (tertiary/aromatic N) is 2. The molecule has 0 aliphatic heterocycles. The lowest BCUT2D eigenvalue weighted by molar-refractivity contribution is 0.512. The van der Waals surface area contributed by atoms with Crippen LogP contribution in [0.2, 0.25) is 0 Å². The molecule has 2 aromatic heterocycles. The molecule has 3 aromatic rings. The first-order valence-electron chi connectivity index (χ1n) is 6.60. The Morgan fingerprint density at radius 1 is 1.29 bits per heavy atom. The molecular weight excluding hydrogens is 314 g/mol. The normalized spacial score (nSPS) is 11.4. The zero-order valence-corrected chi connectivity index (χ0v) is 12.9. The summed E-state index contributed by atoms with van der Waals surface area (Å²) in [5.41, 5.74) is 1.82. The quantitative estimate of drug-likeness (QED) is 0.634. The molecule has 21 heavy (non-hydrogen) atoms. The number of benzene rings is 1. The number of fused-ring (bicyclic) bond motifs is 1. The summed E-state index contributed by atoms with van der Waals surface area (Å²) in [6.45, 7) is 2.53. The van der Waals surface area contributed by atoms with E-state index in [9.17, 15) is 8.78 Å². The van der Waals surface area contributed by atoms with Crippen molar-refractivity contribution in [2.75, 3.05) is 0 Å². The molecule has 0 saturated carbocycles. The van der Waals surface area contributed by atoms with Crippen LogP contribution >= 0.6 is 22.9 Å². The van der Waals surface area contributed by atoms with Crippen molar-refractivity contribution in [1.29, 1.82) is 0 Å². The molecule has 0 amide bonds. The summed E-state index contributed by atoms with van der Waals surface area (Å²) in [4.78, 5) is 5.42. The highest BCUT2D eigenvalue weighted by Gasteiger charge is 2.18. The van der Waals surface area contributed by atoms with Gasteiger partial charge in [-0.25, -0.2) is 13.8 Å². The highest BCUT2D eigenvalue weighted by atomic mass is 35.5. The molecule has 110 valence electrons. The van der Waals surface area contributed by atoms with Crippen LogP contribution in [-0.4, -0.2) is 9.55 Å². The zero-order valence-electron chi connectivity index (χ0n) is 11.4. The molecule has 0 radical (unpaired) electrons. The molecule has 3 rings (SSSR count). The number of rotatable bonds is 4. The van der Waals surface area contributed by atoms with Crippen LogP contribution in [0.4, 0.5) is 8.78 Å². The summed E-state index contributed by atoms with van der Waals surface area (Å²) >= 11 is 7.52. The number of hydrogen-bond donors (Lipinski definition) is 0. The van der Waals surface area contributed by atoms with E-state index >= 15 is 0 Å². The fourth-order valence-electron chi connectivity index (χ4n) is 2.44. The minimum absolute atomic E-state index is 0.155. The standard InChI is InChI=1S/C15H13ClF2N2S/c1-2-9-5-6-21-12(9)8-20-13(7-16)19-11-4-3-10(17)14(18)15(11)20/h3-6H,2,7-8H2,1H3. The summed E-state index contributed by atoms with van der Waals surface area (Å²) in [6, 6.07) is 4.63. The maximum atomic E-state index is 14.1. The van der Waals surface area contributed by atoms with E-state index < -0.39 is 11.6 Å². The molecule has 0 saturated heterocycles. The van der Waals surface area contributed by atoms with Gasteiger partial charge in [0.25, 0.3) is 0 Å². The Morgan fingerprint density at radius 3 is 2.81 bits per heavy atom. The third kappa shape index (κ3) is 2.45. The van der Waals surface area contributed by atoms with Crippen molar-refractivity contribution >= 4 is 34.0 Å². The predicted octanol–water partition coefficient (Wildman–Crippen LogP) is 4.73. The van der Waals surface area contributed by atoms with Crippen molar-refractivity contribution in [2.24, 2.45) is 0 Å². The molecular formula is C15H13ClF2N2S. The molecule has 0 fully saturated rings. The molecule has 2 heterocycles. The Morgan fingerprint density at radius 2 is 2.10 bits per heavy atom. The highest BCUT2D eigenvalue weighted by molar-refractivity contribution is 7.10. The van der Waals surface area contributed by atoms with E-state index in [1.807, 2.05) is 5.38 Å². The second-order valence-electron chi connectivity index (χ2n) is 4.70. The molecule has 0 unspecified atom stereocenters. The maximum absolute atomic E-state index is 14.1. The van der Waals surface area contributed by atoms with E-state index in [0.717, 1.165) is 17.4 Å². The van der Waals surface area contributed by atoms with Gasteiger partial charge in [0.2, 0.25) is 0 Å². The van der Waals surface area contributed by atoms with Crippen LogP contribution in [0, 0.1) is 11.6 Å². The van der Waals surface area contributed by atoms with Crippen LogP contribution < -0.4 is 0 Å². The molecule has 0 aliphatic carbocycles. The second-order valence-corrected chi connectivity index (χ2v) is 5.97. The number of imidazole rings is 1. The first kappa shape index (κ1) is 14.5. The van der Waals surface area contributed by atoms with E-state index in [1.165, 1.54) is 11.6 Å². The molecule has 0 N–H and O–H groups in total. The number of halogens is 3. The summed E-state index contributed by atoms with van der Waals surface area (Å²) in [5.74, 6) is -1.04. The number of alkyl halides is 1. The Labute approximate surface area is 130 Å². The Bertz CT molecular complexity index is 794. The minimum Gasteiger partial charge on any atom is -0.319 e. The van der Waals surface area contributed by atoms with Crippen LogP contribution in [0.5, 0.6) is 0 Å². The lowest BCUT2D eigenvalue weighted by atomic mass is 10.2. The summed E-state index contributed by atoms with van der Waals surface area (Å²) in [6.07, 6.45) is 0.901. The monoisotopic (exact) mass is 326 g/mol. The van der Waals surface area contributed by atoms with Crippen LogP contribution in [-0.2, 0) is 18.8 Å². The largest absolute Gasteiger partial charge is 0.319 e. The van der Waals surface area contributed by atoms with Gasteiger partial charge in [-0.05, 0) is 35.6 Å².